The van der Waals surface area contributed by atoms with Crippen molar-refractivity contribution in [3.05, 3.63) is 29.6 Å². The number of methoxy groups -OCH3 is 1. The SMILES string of the molecule is COCCn1c(CCCl)nc2ccc(C)cc21. The molecule has 0 aliphatic heterocycles. The molecule has 1 aromatic heterocycles. The quantitative estimate of drug-likeness (QED) is 0.765. The first-order chi connectivity index (χ1) is 8.26. The summed E-state index contributed by atoms with van der Waals surface area (Å²) in [6.07, 6.45) is 0.791. The molecule has 0 aliphatic rings. The molecular formula is C13H17ClN2O. The van der Waals surface area contributed by atoms with Crippen molar-refractivity contribution in [3.63, 3.8) is 0 Å². The summed E-state index contributed by atoms with van der Waals surface area (Å²) in [6.45, 7) is 3.60. The van der Waals surface area contributed by atoms with Crippen LogP contribution >= 0.6 is 11.6 Å². The van der Waals surface area contributed by atoms with Crippen molar-refractivity contribution in [2.24, 2.45) is 0 Å². The molecule has 92 valence electrons. The van der Waals surface area contributed by atoms with Gasteiger partial charge in [-0.2, -0.15) is 0 Å². The second kappa shape index (κ2) is 5.52. The number of aryl methyl sites for hydroxylation is 2. The van der Waals surface area contributed by atoms with E-state index in [1.807, 2.05) is 0 Å². The van der Waals surface area contributed by atoms with E-state index in [4.69, 9.17) is 16.3 Å². The number of imidazole rings is 1. The number of ether oxygens (including phenoxy) is 1. The lowest BCUT2D eigenvalue weighted by Gasteiger charge is -2.07. The van der Waals surface area contributed by atoms with Crippen LogP contribution in [0.2, 0.25) is 0 Å². The van der Waals surface area contributed by atoms with Crippen LogP contribution < -0.4 is 0 Å². The third-order valence-electron chi connectivity index (χ3n) is 2.82. The van der Waals surface area contributed by atoms with Crippen molar-refractivity contribution in [3.8, 4) is 0 Å². The van der Waals surface area contributed by atoms with Crippen molar-refractivity contribution in [1.29, 1.82) is 0 Å². The van der Waals surface area contributed by atoms with E-state index in [0.717, 1.165) is 24.3 Å². The number of aromatic nitrogens is 2. The number of hydrogen-bond acceptors (Lipinski definition) is 2. The van der Waals surface area contributed by atoms with Crippen molar-refractivity contribution >= 4 is 22.6 Å². The van der Waals surface area contributed by atoms with E-state index in [9.17, 15) is 0 Å². The molecule has 0 spiro atoms. The number of benzene rings is 1. The summed E-state index contributed by atoms with van der Waals surface area (Å²) < 4.78 is 7.35. The Balaban J connectivity index is 2.47. The Morgan fingerprint density at radius 3 is 2.94 bits per heavy atom. The fourth-order valence-corrected chi connectivity index (χ4v) is 2.16. The summed E-state index contributed by atoms with van der Waals surface area (Å²) in [6, 6.07) is 6.31. The molecule has 4 heteroatoms. The minimum atomic E-state index is 0.593. The molecular weight excluding hydrogens is 236 g/mol. The summed E-state index contributed by atoms with van der Waals surface area (Å²) in [5.41, 5.74) is 3.45. The first-order valence-corrected chi connectivity index (χ1v) is 6.30. The van der Waals surface area contributed by atoms with Gasteiger partial charge in [-0.05, 0) is 24.6 Å². The molecule has 0 N–H and O–H groups in total. The fourth-order valence-electron chi connectivity index (χ4n) is 1.99. The first kappa shape index (κ1) is 12.4. The van der Waals surface area contributed by atoms with Crippen LogP contribution in [-0.2, 0) is 17.7 Å². The molecule has 0 aliphatic carbocycles. The van der Waals surface area contributed by atoms with Gasteiger partial charge < -0.3 is 9.30 Å². The number of fused-ring (bicyclic) bond motifs is 1. The molecule has 0 bridgehead atoms. The summed E-state index contributed by atoms with van der Waals surface area (Å²) in [7, 11) is 1.71. The van der Waals surface area contributed by atoms with Crippen molar-refractivity contribution in [2.75, 3.05) is 19.6 Å². The molecule has 1 aromatic carbocycles. The lowest BCUT2D eigenvalue weighted by atomic mass is 10.2. The van der Waals surface area contributed by atoms with E-state index in [1.165, 1.54) is 11.1 Å². The largest absolute Gasteiger partial charge is 0.383 e. The maximum Gasteiger partial charge on any atom is 0.111 e. The van der Waals surface area contributed by atoms with Crippen LogP contribution in [-0.4, -0.2) is 29.1 Å². The molecule has 0 radical (unpaired) electrons. The van der Waals surface area contributed by atoms with Gasteiger partial charge in [0.25, 0.3) is 0 Å². The maximum atomic E-state index is 5.82. The summed E-state index contributed by atoms with van der Waals surface area (Å²) in [4.78, 5) is 4.62. The van der Waals surface area contributed by atoms with E-state index in [0.29, 0.717) is 12.5 Å². The van der Waals surface area contributed by atoms with Gasteiger partial charge in [-0.25, -0.2) is 4.98 Å². The van der Waals surface area contributed by atoms with Gasteiger partial charge in [-0.15, -0.1) is 11.6 Å². The number of nitrogens with zero attached hydrogens (tertiary/aromatic N) is 2. The Bertz CT molecular complexity index is 507. The molecule has 2 aromatic rings. The molecule has 17 heavy (non-hydrogen) atoms. The Morgan fingerprint density at radius 2 is 2.24 bits per heavy atom. The van der Waals surface area contributed by atoms with E-state index in [1.54, 1.807) is 7.11 Å². The summed E-state index contributed by atoms with van der Waals surface area (Å²) >= 11 is 5.82. The lowest BCUT2D eigenvalue weighted by molar-refractivity contribution is 0.187. The molecule has 0 amide bonds. The van der Waals surface area contributed by atoms with Crippen LogP contribution in [0.1, 0.15) is 11.4 Å². The average molecular weight is 253 g/mol. The van der Waals surface area contributed by atoms with Crippen LogP contribution in [0, 0.1) is 6.92 Å². The Morgan fingerprint density at radius 1 is 1.41 bits per heavy atom. The molecule has 0 atom stereocenters. The van der Waals surface area contributed by atoms with Crippen molar-refractivity contribution in [2.45, 2.75) is 19.9 Å². The van der Waals surface area contributed by atoms with Crippen molar-refractivity contribution < 1.29 is 4.74 Å². The van der Waals surface area contributed by atoms with Crippen LogP contribution in [0.4, 0.5) is 0 Å². The molecule has 0 saturated heterocycles. The van der Waals surface area contributed by atoms with Crippen LogP contribution in [0.25, 0.3) is 11.0 Å². The second-order valence-electron chi connectivity index (χ2n) is 4.10. The average Bonchev–Trinajstić information content (AvgIpc) is 2.64. The second-order valence-corrected chi connectivity index (χ2v) is 4.48. The normalized spacial score (nSPS) is 11.2. The van der Waals surface area contributed by atoms with Crippen LogP contribution in [0.3, 0.4) is 0 Å². The number of alkyl halides is 1. The summed E-state index contributed by atoms with van der Waals surface area (Å²) in [5.74, 6) is 1.63. The first-order valence-electron chi connectivity index (χ1n) is 5.77. The Hall–Kier alpha value is -1.06. The number of halogens is 1. The monoisotopic (exact) mass is 252 g/mol. The minimum absolute atomic E-state index is 0.593. The van der Waals surface area contributed by atoms with E-state index in [-0.39, 0.29) is 0 Å². The third-order valence-corrected chi connectivity index (χ3v) is 3.01. The molecule has 0 saturated carbocycles. The van der Waals surface area contributed by atoms with Gasteiger partial charge in [-0.3, -0.25) is 0 Å². The Labute approximate surface area is 106 Å². The predicted octanol–water partition coefficient (Wildman–Crippen LogP) is 2.77. The number of hydrogen-bond donors (Lipinski definition) is 0. The zero-order valence-corrected chi connectivity index (χ0v) is 11.0. The zero-order chi connectivity index (χ0) is 12.3. The topological polar surface area (TPSA) is 27.1 Å². The molecule has 2 rings (SSSR count). The van der Waals surface area contributed by atoms with E-state index < -0.39 is 0 Å². The van der Waals surface area contributed by atoms with Gasteiger partial charge in [0.05, 0.1) is 17.6 Å². The highest BCUT2D eigenvalue weighted by molar-refractivity contribution is 6.17. The Kier molecular flexibility index (Phi) is 4.02. The minimum Gasteiger partial charge on any atom is -0.383 e. The van der Waals surface area contributed by atoms with Gasteiger partial charge in [0.2, 0.25) is 0 Å². The summed E-state index contributed by atoms with van der Waals surface area (Å²) in [5, 5.41) is 0. The standard InChI is InChI=1S/C13H17ClN2O/c1-10-3-4-11-12(9-10)16(7-8-17-2)13(15-11)5-6-14/h3-4,9H,5-8H2,1-2H3. The van der Waals surface area contributed by atoms with Gasteiger partial charge in [0.15, 0.2) is 0 Å². The predicted molar refractivity (Wildman–Crippen MR) is 70.8 cm³/mol. The van der Waals surface area contributed by atoms with Gasteiger partial charge in [-0.1, -0.05) is 6.07 Å². The van der Waals surface area contributed by atoms with E-state index >= 15 is 0 Å². The van der Waals surface area contributed by atoms with Crippen LogP contribution in [0.5, 0.6) is 0 Å². The third kappa shape index (κ3) is 2.61. The highest BCUT2D eigenvalue weighted by atomic mass is 35.5. The van der Waals surface area contributed by atoms with Gasteiger partial charge in [0.1, 0.15) is 5.82 Å². The smallest absolute Gasteiger partial charge is 0.111 e. The lowest BCUT2D eigenvalue weighted by Crippen LogP contribution is -2.08. The highest BCUT2D eigenvalue weighted by Gasteiger charge is 2.09. The number of rotatable bonds is 5. The van der Waals surface area contributed by atoms with Crippen LogP contribution in [0.15, 0.2) is 18.2 Å². The maximum absolute atomic E-state index is 5.82. The molecule has 1 heterocycles. The highest BCUT2D eigenvalue weighted by Crippen LogP contribution is 2.18. The molecule has 0 fully saturated rings. The van der Waals surface area contributed by atoms with Gasteiger partial charge >= 0.3 is 0 Å². The zero-order valence-electron chi connectivity index (χ0n) is 10.2. The van der Waals surface area contributed by atoms with Gasteiger partial charge in [0, 0.05) is 26.0 Å². The van der Waals surface area contributed by atoms with E-state index in [2.05, 4.69) is 34.7 Å². The van der Waals surface area contributed by atoms with Crippen molar-refractivity contribution in [1.82, 2.24) is 9.55 Å². The molecule has 3 nitrogen and oxygen atoms in total. The molecule has 0 unspecified atom stereocenters. The fraction of sp³-hybridized carbons (Fsp3) is 0.462.